The summed E-state index contributed by atoms with van der Waals surface area (Å²) in [5.41, 5.74) is 24.6. The first-order valence-electron chi connectivity index (χ1n) is 25.7. The van der Waals surface area contributed by atoms with Gasteiger partial charge in [0.25, 0.3) is 0 Å². The van der Waals surface area contributed by atoms with Crippen LogP contribution in [0.25, 0.3) is 81.0 Å². The number of hydrogen-bond donors (Lipinski definition) is 0. The van der Waals surface area contributed by atoms with Gasteiger partial charge in [-0.25, -0.2) is 0 Å². The molecule has 338 valence electrons. The Bertz CT molecular complexity index is 3970. The van der Waals surface area contributed by atoms with E-state index in [2.05, 4.69) is 271 Å². The highest BCUT2D eigenvalue weighted by molar-refractivity contribution is 8.34. The van der Waals surface area contributed by atoms with E-state index in [4.69, 9.17) is 0 Å². The number of rotatable bonds is 8. The van der Waals surface area contributed by atoms with Crippen molar-refractivity contribution in [2.75, 3.05) is 0 Å². The largest absolute Gasteiger partial charge is 0.308 e. The number of benzene rings is 10. The number of para-hydroxylation sites is 1. The van der Waals surface area contributed by atoms with Crippen molar-refractivity contribution in [1.82, 2.24) is 4.57 Å². The smallest absolute Gasteiger partial charge is 0.139 e. The highest BCUT2D eigenvalue weighted by atomic mass is 32.3. The van der Waals surface area contributed by atoms with Crippen LogP contribution >= 0.6 is 21.4 Å². The van der Waals surface area contributed by atoms with E-state index in [1.165, 1.54) is 155 Å². The quantitative estimate of drug-likeness (QED) is 0.191. The average Bonchev–Trinajstić information content (AvgIpc) is 3.97. The van der Waals surface area contributed by atoms with E-state index >= 15 is 0 Å². The third kappa shape index (κ3) is 7.28. The van der Waals surface area contributed by atoms with Crippen LogP contribution in [0, 0.1) is 0 Å². The van der Waals surface area contributed by atoms with Gasteiger partial charge in [0.2, 0.25) is 0 Å². The van der Waals surface area contributed by atoms with Gasteiger partial charge in [-0.3, -0.25) is 0 Å². The van der Waals surface area contributed by atoms with Gasteiger partial charge in [0, 0.05) is 61.7 Å². The second kappa shape index (κ2) is 18.3. The Kier molecular flexibility index (Phi) is 11.8. The highest BCUT2D eigenvalue weighted by Gasteiger charge is 2.36. The van der Waals surface area contributed by atoms with Crippen molar-refractivity contribution in [2.24, 2.45) is 0 Å². The van der Waals surface area contributed by atoms with Gasteiger partial charge >= 0.3 is 0 Å². The summed E-state index contributed by atoms with van der Waals surface area (Å²) >= 11 is 1.87. The minimum absolute atomic E-state index is 1.20. The van der Waals surface area contributed by atoms with Gasteiger partial charge < -0.3 is 4.57 Å². The van der Waals surface area contributed by atoms with Gasteiger partial charge in [0.15, 0.2) is 0 Å². The summed E-state index contributed by atoms with van der Waals surface area (Å²) in [6, 6.07) is 71.6. The van der Waals surface area contributed by atoms with Gasteiger partial charge in [-0.05, 0) is 107 Å². The molecule has 0 atom stereocenters. The fraction of sp³-hybridized carbons (Fsp3) is 0. The summed E-state index contributed by atoms with van der Waals surface area (Å²) in [5, 5.41) is 5.13. The molecule has 0 bridgehead atoms. The van der Waals surface area contributed by atoms with Crippen LogP contribution in [0.4, 0.5) is 0 Å². The first kappa shape index (κ1) is 47.2. The van der Waals surface area contributed by atoms with Crippen LogP contribution in [0.1, 0.15) is 0 Å². The summed E-state index contributed by atoms with van der Waals surface area (Å²) in [5.74, 6) is 0. The number of nitrogens with zero attached hydrogens (tertiary/aromatic N) is 1. The summed E-state index contributed by atoms with van der Waals surface area (Å²) in [7, 11) is 21.3. The van der Waals surface area contributed by atoms with Crippen molar-refractivity contribution in [3.05, 3.63) is 188 Å². The predicted molar refractivity (Wildman–Crippen MR) is 352 cm³/mol. The molecule has 2 heterocycles. The van der Waals surface area contributed by atoms with Crippen LogP contribution in [0.3, 0.4) is 0 Å². The molecule has 1 nitrogen and oxygen atoms in total. The molecule has 12 rings (SSSR count). The molecule has 0 radical (unpaired) electrons. The SMILES string of the molecule is Bc1c(B)c(B)c(-c2cc(S(c3ccccc3)(c3ccccc3)c3ccccc3)cc(-c3c(B)c(B)c(B)c(B)c3B)c2-n2c3ccccc3c3cc(-c4ccc5sc6ccccc6c5c4)ccc32)c(B)c1B. The number of aromatic nitrogens is 1. The molecule has 0 saturated heterocycles. The molecule has 0 N–H and O–H groups in total. The van der Waals surface area contributed by atoms with Crippen LogP contribution in [0.15, 0.2) is 208 Å². The van der Waals surface area contributed by atoms with Crippen LogP contribution in [0.2, 0.25) is 0 Å². The molecule has 0 fully saturated rings. The first-order chi connectivity index (χ1) is 35.4. The zero-order valence-electron chi connectivity index (χ0n) is 43.7. The van der Waals surface area contributed by atoms with Crippen LogP contribution < -0.4 is 54.6 Å². The number of thiophene rings is 1. The van der Waals surface area contributed by atoms with E-state index in [0.717, 1.165) is 0 Å². The van der Waals surface area contributed by atoms with Gasteiger partial charge in [-0.1, -0.05) is 125 Å². The second-order valence-corrected chi connectivity index (χ2v) is 24.5. The van der Waals surface area contributed by atoms with Crippen molar-refractivity contribution in [3.63, 3.8) is 0 Å². The lowest BCUT2D eigenvalue weighted by molar-refractivity contribution is 1.17. The zero-order valence-corrected chi connectivity index (χ0v) is 45.3. The minimum atomic E-state index is -2.12. The summed E-state index contributed by atoms with van der Waals surface area (Å²) in [6.45, 7) is 0. The first-order valence-corrected chi connectivity index (χ1v) is 28.1. The molecule has 0 aliphatic rings. The Balaban J connectivity index is 1.29. The van der Waals surface area contributed by atoms with Gasteiger partial charge in [-0.2, -0.15) is 0 Å². The normalized spacial score (nSPS) is 12.1. The Morgan fingerprint density at radius 2 is 0.685 bits per heavy atom. The van der Waals surface area contributed by atoms with E-state index in [0.29, 0.717) is 0 Å². The molecule has 12 aromatic rings. The Morgan fingerprint density at radius 1 is 0.301 bits per heavy atom. The lowest BCUT2D eigenvalue weighted by atomic mass is 9.58. The minimum Gasteiger partial charge on any atom is -0.308 e. The molecule has 0 aliphatic carbocycles. The Labute approximate surface area is 444 Å². The maximum atomic E-state index is 2.65. The summed E-state index contributed by atoms with van der Waals surface area (Å²) < 4.78 is 5.30. The van der Waals surface area contributed by atoms with Crippen LogP contribution in [-0.2, 0) is 0 Å². The molecular formula is C60H51B10NS2. The molecule has 0 unspecified atom stereocenters. The molecule has 10 aromatic carbocycles. The molecule has 13 heteroatoms. The fourth-order valence-corrected chi connectivity index (χ4v) is 17.2. The van der Waals surface area contributed by atoms with E-state index < -0.39 is 10.0 Å². The van der Waals surface area contributed by atoms with Gasteiger partial charge in [-0.15, -0.1) is 54.1 Å². The van der Waals surface area contributed by atoms with E-state index in [9.17, 15) is 0 Å². The molecule has 73 heavy (non-hydrogen) atoms. The van der Waals surface area contributed by atoms with Crippen LogP contribution in [-0.4, -0.2) is 83.0 Å². The Hall–Kier alpha value is -6.78. The van der Waals surface area contributed by atoms with E-state index in [1.54, 1.807) is 0 Å². The monoisotopic (exact) mass is 959 g/mol. The Morgan fingerprint density at radius 3 is 1.19 bits per heavy atom. The van der Waals surface area contributed by atoms with Crippen LogP contribution in [0.5, 0.6) is 0 Å². The van der Waals surface area contributed by atoms with Crippen molar-refractivity contribution in [3.8, 4) is 39.1 Å². The predicted octanol–water partition coefficient (Wildman–Crippen LogP) is 0.0774. The summed E-state index contributed by atoms with van der Waals surface area (Å²) in [4.78, 5) is 5.24. The molecule has 0 amide bonds. The van der Waals surface area contributed by atoms with Crippen molar-refractivity contribution < 1.29 is 0 Å². The molecular weight excluding hydrogens is 907 g/mol. The highest BCUT2D eigenvalue weighted by Crippen LogP contribution is 2.74. The van der Waals surface area contributed by atoms with E-state index in [1.807, 2.05) is 11.3 Å². The standard InChI is InChI=1S/C60H51B10NS2/c61-50-48(51(62)55(66)58(69)54(50)65)42-30-37(73(34-14-4-1-5-15-34,35-16-6-2-7-17-35)36-18-8-3-9-19-36)31-43(49-52(63)56(67)59(70)57(68)53(49)64)60(42)71-44-22-12-10-20-38(44)40-28-32(24-26-45(40)71)33-25-27-47-41(29-33)39-21-11-13-23-46(39)72-47/h1-31H,61-70H2. The topological polar surface area (TPSA) is 4.93 Å². The van der Waals surface area contributed by atoms with Crippen molar-refractivity contribution in [2.45, 2.75) is 19.6 Å². The molecule has 0 saturated carbocycles. The lowest BCUT2D eigenvalue weighted by Crippen LogP contribution is -2.55. The lowest BCUT2D eigenvalue weighted by Gasteiger charge is -2.43. The van der Waals surface area contributed by atoms with E-state index in [-0.39, 0.29) is 0 Å². The molecule has 0 spiro atoms. The molecule has 2 aromatic heterocycles. The van der Waals surface area contributed by atoms with Crippen molar-refractivity contribution >= 4 is 196 Å². The zero-order chi connectivity index (χ0) is 50.4. The maximum absolute atomic E-state index is 2.65. The fourth-order valence-electron chi connectivity index (χ4n) is 12.2. The maximum Gasteiger partial charge on any atom is 0.139 e. The third-order valence-electron chi connectivity index (χ3n) is 16.9. The number of fused-ring (bicyclic) bond motifs is 6. The molecule has 0 aliphatic heterocycles. The van der Waals surface area contributed by atoms with Crippen molar-refractivity contribution in [1.29, 1.82) is 0 Å². The summed E-state index contributed by atoms with van der Waals surface area (Å²) in [6.07, 6.45) is 0. The van der Waals surface area contributed by atoms with Gasteiger partial charge in [0.1, 0.15) is 78.5 Å². The third-order valence-corrected chi connectivity index (χ3v) is 21.9. The second-order valence-electron chi connectivity index (χ2n) is 20.3. The average molecular weight is 958 g/mol. The number of hydrogen-bond acceptors (Lipinski definition) is 1. The van der Waals surface area contributed by atoms with Gasteiger partial charge in [0.05, 0.1) is 16.7 Å².